The van der Waals surface area contributed by atoms with Gasteiger partial charge in [0.1, 0.15) is 5.69 Å². The summed E-state index contributed by atoms with van der Waals surface area (Å²) in [5.74, 6) is 0.409. The number of benzene rings is 1. The van der Waals surface area contributed by atoms with Gasteiger partial charge in [-0.25, -0.2) is 0 Å². The molecule has 1 aromatic carbocycles. The third-order valence-electron chi connectivity index (χ3n) is 2.40. The van der Waals surface area contributed by atoms with Crippen LogP contribution in [0.2, 0.25) is 0 Å². The molecule has 0 atom stereocenters. The average molecular weight is 244 g/mol. The maximum atomic E-state index is 11.8. The zero-order valence-electron chi connectivity index (χ0n) is 10.5. The van der Waals surface area contributed by atoms with Gasteiger partial charge in [-0.2, -0.15) is 0 Å². The monoisotopic (exact) mass is 244 g/mol. The fraction of sp³-hybridized carbons (Fsp3) is 0.308. The Hall–Kier alpha value is -2.17. The topological polar surface area (TPSA) is 70.7 Å². The Balaban J connectivity index is 2.18. The van der Waals surface area contributed by atoms with Crippen molar-refractivity contribution in [3.05, 3.63) is 51.9 Å². The lowest BCUT2D eigenvalue weighted by molar-refractivity contribution is 0.818. The first-order valence-electron chi connectivity index (χ1n) is 5.91. The lowest BCUT2D eigenvalue weighted by Crippen LogP contribution is -2.22. The van der Waals surface area contributed by atoms with Crippen LogP contribution in [0.3, 0.4) is 0 Å². The summed E-state index contributed by atoms with van der Waals surface area (Å²) < 4.78 is 0. The van der Waals surface area contributed by atoms with E-state index in [4.69, 9.17) is 0 Å². The predicted octanol–water partition coefficient (Wildman–Crippen LogP) is 1.58. The van der Waals surface area contributed by atoms with Gasteiger partial charge in [0, 0.05) is 12.5 Å². The highest BCUT2D eigenvalue weighted by atomic mass is 16.1. The summed E-state index contributed by atoms with van der Waals surface area (Å²) in [4.78, 5) is 14.5. The van der Waals surface area contributed by atoms with Gasteiger partial charge in [-0.3, -0.25) is 9.78 Å². The Morgan fingerprint density at radius 2 is 1.94 bits per heavy atom. The van der Waals surface area contributed by atoms with E-state index in [0.717, 1.165) is 5.56 Å². The second-order valence-corrected chi connectivity index (χ2v) is 4.41. The smallest absolute Gasteiger partial charge is 0.274 e. The first kappa shape index (κ1) is 12.3. The van der Waals surface area contributed by atoms with Crippen LogP contribution in [0.1, 0.15) is 25.1 Å². The zero-order valence-corrected chi connectivity index (χ0v) is 10.5. The number of rotatable bonds is 4. The minimum absolute atomic E-state index is 0.197. The van der Waals surface area contributed by atoms with Crippen LogP contribution >= 0.6 is 0 Å². The molecule has 0 saturated carbocycles. The summed E-state index contributed by atoms with van der Waals surface area (Å²) in [7, 11) is 0. The molecule has 0 radical (unpaired) electrons. The third kappa shape index (κ3) is 3.16. The standard InChI is InChI=1S/C13H16N4O/c1-9(2)14-13-15-12(18)11(16-17-13)8-10-6-4-3-5-7-10/h3-7,9H,8H2,1-2H3,(H2,14,15,17,18). The molecule has 1 aromatic heterocycles. The van der Waals surface area contributed by atoms with Crippen LogP contribution in [0.15, 0.2) is 35.1 Å². The second-order valence-electron chi connectivity index (χ2n) is 4.41. The zero-order chi connectivity index (χ0) is 13.0. The molecule has 0 spiro atoms. The van der Waals surface area contributed by atoms with Crippen LogP contribution in [-0.4, -0.2) is 21.2 Å². The van der Waals surface area contributed by atoms with Crippen molar-refractivity contribution in [3.63, 3.8) is 0 Å². The van der Waals surface area contributed by atoms with E-state index in [1.165, 1.54) is 0 Å². The lowest BCUT2D eigenvalue weighted by atomic mass is 10.1. The van der Waals surface area contributed by atoms with Crippen molar-refractivity contribution < 1.29 is 0 Å². The molecule has 0 aliphatic rings. The molecular formula is C13H16N4O. The minimum atomic E-state index is -0.197. The molecule has 5 nitrogen and oxygen atoms in total. The summed E-state index contributed by atoms with van der Waals surface area (Å²) in [5.41, 5.74) is 1.27. The molecule has 0 saturated heterocycles. The highest BCUT2D eigenvalue weighted by molar-refractivity contribution is 5.25. The molecule has 1 heterocycles. The van der Waals surface area contributed by atoms with Gasteiger partial charge in [-0.15, -0.1) is 10.2 Å². The Labute approximate surface area is 105 Å². The Morgan fingerprint density at radius 1 is 1.22 bits per heavy atom. The van der Waals surface area contributed by atoms with Gasteiger partial charge < -0.3 is 5.32 Å². The van der Waals surface area contributed by atoms with Crippen molar-refractivity contribution >= 4 is 5.95 Å². The first-order chi connectivity index (χ1) is 8.65. The summed E-state index contributed by atoms with van der Waals surface area (Å²) in [6.07, 6.45) is 0.491. The van der Waals surface area contributed by atoms with Crippen LogP contribution in [0, 0.1) is 0 Å². The quantitative estimate of drug-likeness (QED) is 0.856. The average Bonchev–Trinajstić information content (AvgIpc) is 2.33. The van der Waals surface area contributed by atoms with E-state index in [0.29, 0.717) is 18.1 Å². The molecule has 2 N–H and O–H groups in total. The van der Waals surface area contributed by atoms with Gasteiger partial charge in [-0.1, -0.05) is 30.3 Å². The van der Waals surface area contributed by atoms with Crippen molar-refractivity contribution in [1.82, 2.24) is 15.2 Å². The van der Waals surface area contributed by atoms with E-state index >= 15 is 0 Å². The first-order valence-corrected chi connectivity index (χ1v) is 5.91. The lowest BCUT2D eigenvalue weighted by Gasteiger charge is -2.07. The van der Waals surface area contributed by atoms with E-state index in [2.05, 4.69) is 20.5 Å². The summed E-state index contributed by atoms with van der Waals surface area (Å²) in [6, 6.07) is 9.93. The third-order valence-corrected chi connectivity index (χ3v) is 2.40. The number of anilines is 1. The highest BCUT2D eigenvalue weighted by Crippen LogP contribution is 2.03. The number of H-pyrrole nitrogens is 1. The number of hydrogen-bond donors (Lipinski definition) is 2. The normalized spacial score (nSPS) is 10.6. The molecule has 0 aliphatic heterocycles. The van der Waals surface area contributed by atoms with Crippen LogP contribution in [0.5, 0.6) is 0 Å². The van der Waals surface area contributed by atoms with Gasteiger partial charge in [0.25, 0.3) is 5.56 Å². The Bertz CT molecular complexity index is 563. The number of hydrogen-bond acceptors (Lipinski definition) is 4. The van der Waals surface area contributed by atoms with Gasteiger partial charge >= 0.3 is 0 Å². The van der Waals surface area contributed by atoms with E-state index < -0.39 is 0 Å². The van der Waals surface area contributed by atoms with Gasteiger partial charge in [0.05, 0.1) is 0 Å². The van der Waals surface area contributed by atoms with Crippen LogP contribution in [-0.2, 0) is 6.42 Å². The van der Waals surface area contributed by atoms with Crippen LogP contribution < -0.4 is 10.9 Å². The predicted molar refractivity (Wildman–Crippen MR) is 70.7 cm³/mol. The molecule has 2 rings (SSSR count). The molecule has 2 aromatic rings. The van der Waals surface area contributed by atoms with Gasteiger partial charge in [0.2, 0.25) is 5.95 Å². The largest absolute Gasteiger partial charge is 0.352 e. The number of nitrogens with one attached hydrogen (secondary N) is 2. The molecule has 0 unspecified atom stereocenters. The van der Waals surface area contributed by atoms with Gasteiger partial charge in [0.15, 0.2) is 0 Å². The van der Waals surface area contributed by atoms with Crippen molar-refractivity contribution in [2.75, 3.05) is 5.32 Å². The number of aromatic nitrogens is 3. The summed E-state index contributed by atoms with van der Waals surface area (Å²) in [6.45, 7) is 3.94. The van der Waals surface area contributed by atoms with Crippen molar-refractivity contribution in [2.45, 2.75) is 26.3 Å². The Morgan fingerprint density at radius 3 is 2.56 bits per heavy atom. The van der Waals surface area contributed by atoms with E-state index in [-0.39, 0.29) is 11.6 Å². The molecule has 0 fully saturated rings. The van der Waals surface area contributed by atoms with Crippen molar-refractivity contribution in [1.29, 1.82) is 0 Å². The van der Waals surface area contributed by atoms with Crippen LogP contribution in [0.4, 0.5) is 5.95 Å². The maximum Gasteiger partial charge on any atom is 0.274 e. The molecule has 0 aliphatic carbocycles. The summed E-state index contributed by atoms with van der Waals surface area (Å²) in [5, 5.41) is 10.9. The number of nitrogens with zero attached hydrogens (tertiary/aromatic N) is 2. The van der Waals surface area contributed by atoms with E-state index in [9.17, 15) is 4.79 Å². The van der Waals surface area contributed by atoms with Crippen LogP contribution in [0.25, 0.3) is 0 Å². The minimum Gasteiger partial charge on any atom is -0.352 e. The number of aromatic amines is 1. The van der Waals surface area contributed by atoms with E-state index in [1.807, 2.05) is 44.2 Å². The molecule has 0 amide bonds. The molecule has 18 heavy (non-hydrogen) atoms. The van der Waals surface area contributed by atoms with Gasteiger partial charge in [-0.05, 0) is 19.4 Å². The fourth-order valence-corrected chi connectivity index (χ4v) is 1.60. The molecule has 94 valence electrons. The summed E-state index contributed by atoms with van der Waals surface area (Å²) >= 11 is 0. The maximum absolute atomic E-state index is 11.8. The second kappa shape index (κ2) is 5.44. The van der Waals surface area contributed by atoms with Crippen molar-refractivity contribution in [3.8, 4) is 0 Å². The molecule has 0 bridgehead atoms. The molecular weight excluding hydrogens is 228 g/mol. The SMILES string of the molecule is CC(C)Nc1nnc(Cc2ccccc2)c(=O)[nH]1. The molecule has 5 heteroatoms. The van der Waals surface area contributed by atoms with E-state index in [1.54, 1.807) is 0 Å². The highest BCUT2D eigenvalue weighted by Gasteiger charge is 2.06. The van der Waals surface area contributed by atoms with Crippen molar-refractivity contribution in [2.24, 2.45) is 0 Å². The Kier molecular flexibility index (Phi) is 3.72. The fourth-order valence-electron chi connectivity index (χ4n) is 1.60.